The van der Waals surface area contributed by atoms with Gasteiger partial charge in [-0.05, 0) is 18.6 Å². The quantitative estimate of drug-likeness (QED) is 0.542. The molecule has 1 rings (SSSR count). The molecule has 0 fully saturated rings. The number of carbonyl (C=O) groups is 1. The fourth-order valence-electron chi connectivity index (χ4n) is 1.30. The molecule has 0 radical (unpaired) electrons. The molecular weight excluding hydrogens is 262 g/mol. The van der Waals surface area contributed by atoms with Crippen LogP contribution < -0.4 is 11.1 Å². The lowest BCUT2D eigenvalue weighted by atomic mass is 10.1. The van der Waals surface area contributed by atoms with Gasteiger partial charge in [-0.2, -0.15) is 0 Å². The minimum atomic E-state index is -1.33. The van der Waals surface area contributed by atoms with Crippen molar-refractivity contribution in [2.75, 3.05) is 11.9 Å². The molecule has 0 saturated heterocycles. The molecular formula is C10H12ClN3O4. The van der Waals surface area contributed by atoms with E-state index in [4.69, 9.17) is 17.3 Å². The van der Waals surface area contributed by atoms with E-state index in [-0.39, 0.29) is 17.3 Å². The third kappa shape index (κ3) is 3.31. The van der Waals surface area contributed by atoms with E-state index < -0.39 is 16.9 Å². The van der Waals surface area contributed by atoms with Crippen molar-refractivity contribution in [3.05, 3.63) is 32.8 Å². The van der Waals surface area contributed by atoms with Crippen LogP contribution in [0.3, 0.4) is 0 Å². The average molecular weight is 274 g/mol. The normalized spacial score (nSPS) is 11.9. The van der Waals surface area contributed by atoms with Crippen molar-refractivity contribution in [3.63, 3.8) is 0 Å². The van der Waals surface area contributed by atoms with Gasteiger partial charge in [0, 0.05) is 18.3 Å². The molecule has 1 amide bonds. The van der Waals surface area contributed by atoms with E-state index in [9.17, 15) is 20.0 Å². The van der Waals surface area contributed by atoms with Gasteiger partial charge in [0.15, 0.2) is 0 Å². The molecule has 0 heterocycles. The van der Waals surface area contributed by atoms with E-state index in [1.54, 1.807) is 6.92 Å². The molecule has 0 saturated carbocycles. The zero-order valence-corrected chi connectivity index (χ0v) is 10.3. The minimum Gasteiger partial charge on any atom is -0.382 e. The lowest BCUT2D eigenvalue weighted by molar-refractivity contribution is -0.384. The van der Waals surface area contributed by atoms with E-state index in [0.717, 1.165) is 0 Å². The molecule has 8 heteroatoms. The molecule has 0 aromatic heterocycles. The van der Waals surface area contributed by atoms with Crippen molar-refractivity contribution < 1.29 is 14.8 Å². The first-order valence-corrected chi connectivity index (χ1v) is 5.36. The molecule has 98 valence electrons. The predicted molar refractivity (Wildman–Crippen MR) is 66.5 cm³/mol. The number of nitrogens with two attached hydrogens (primary N) is 1. The van der Waals surface area contributed by atoms with E-state index in [2.05, 4.69) is 5.32 Å². The van der Waals surface area contributed by atoms with E-state index >= 15 is 0 Å². The van der Waals surface area contributed by atoms with Crippen LogP contribution in [-0.2, 0) is 4.79 Å². The number of carbonyl (C=O) groups excluding carboxylic acids is 1. The molecule has 0 spiro atoms. The van der Waals surface area contributed by atoms with Gasteiger partial charge in [-0.25, -0.2) is 0 Å². The number of nitro benzene ring substituents is 1. The number of nitrogens with one attached hydrogen (secondary N) is 1. The summed E-state index contributed by atoms with van der Waals surface area (Å²) in [5.74, 6) is -0.854. The van der Waals surface area contributed by atoms with Crippen LogP contribution in [0.5, 0.6) is 0 Å². The number of benzene rings is 1. The number of halogens is 1. The maximum atomic E-state index is 10.6. The fraction of sp³-hybridized carbons (Fsp3) is 0.300. The molecule has 4 N–H and O–H groups in total. The molecule has 1 atom stereocenters. The lowest BCUT2D eigenvalue weighted by Gasteiger charge is -2.12. The second-order valence-corrected chi connectivity index (χ2v) is 4.08. The van der Waals surface area contributed by atoms with Crippen molar-refractivity contribution in [3.8, 4) is 0 Å². The number of aliphatic hydroxyl groups excluding tert-OH is 1. The number of nitrogens with zero attached hydrogens (tertiary/aromatic N) is 1. The van der Waals surface area contributed by atoms with Crippen LogP contribution in [0.2, 0.25) is 5.02 Å². The number of aliphatic hydroxyl groups is 1. The van der Waals surface area contributed by atoms with Gasteiger partial charge < -0.3 is 16.2 Å². The van der Waals surface area contributed by atoms with Gasteiger partial charge in [0.25, 0.3) is 5.69 Å². The van der Waals surface area contributed by atoms with Crippen LogP contribution in [0.15, 0.2) is 12.1 Å². The molecule has 1 aromatic carbocycles. The van der Waals surface area contributed by atoms with Gasteiger partial charge in [0.2, 0.25) is 5.91 Å². The average Bonchev–Trinajstić information content (AvgIpc) is 2.28. The van der Waals surface area contributed by atoms with Crippen molar-refractivity contribution in [1.29, 1.82) is 0 Å². The number of anilines is 1. The topological polar surface area (TPSA) is 118 Å². The fourth-order valence-corrected chi connectivity index (χ4v) is 1.54. The van der Waals surface area contributed by atoms with E-state index in [1.165, 1.54) is 12.1 Å². The van der Waals surface area contributed by atoms with Crippen LogP contribution in [-0.4, -0.2) is 28.6 Å². The monoisotopic (exact) mass is 273 g/mol. The zero-order chi connectivity index (χ0) is 13.9. The van der Waals surface area contributed by atoms with Gasteiger partial charge in [-0.3, -0.25) is 14.9 Å². The van der Waals surface area contributed by atoms with E-state index in [0.29, 0.717) is 11.3 Å². The minimum absolute atomic E-state index is 0.0262. The Balaban J connectivity index is 2.88. The maximum Gasteiger partial charge on any atom is 0.288 e. The Kier molecular flexibility index (Phi) is 4.46. The van der Waals surface area contributed by atoms with Gasteiger partial charge in [0.05, 0.1) is 4.92 Å². The third-order valence-electron chi connectivity index (χ3n) is 2.30. The highest BCUT2D eigenvalue weighted by atomic mass is 35.5. The number of rotatable bonds is 5. The van der Waals surface area contributed by atoms with Crippen LogP contribution >= 0.6 is 11.6 Å². The lowest BCUT2D eigenvalue weighted by Crippen LogP contribution is -2.34. The molecule has 1 aromatic rings. The van der Waals surface area contributed by atoms with Crippen molar-refractivity contribution >= 4 is 28.9 Å². The second-order valence-electron chi connectivity index (χ2n) is 3.67. The summed E-state index contributed by atoms with van der Waals surface area (Å²) in [6.45, 7) is 1.55. The smallest absolute Gasteiger partial charge is 0.288 e. The summed E-state index contributed by atoms with van der Waals surface area (Å²) in [5, 5.41) is 22.6. The number of hydrogen-bond donors (Lipinski definition) is 3. The molecule has 0 aliphatic rings. The number of amides is 1. The highest BCUT2D eigenvalue weighted by Crippen LogP contribution is 2.30. The molecule has 1 unspecified atom stereocenters. The summed E-state index contributed by atoms with van der Waals surface area (Å²) in [4.78, 5) is 20.7. The number of hydrogen-bond acceptors (Lipinski definition) is 5. The zero-order valence-electron chi connectivity index (χ0n) is 9.51. The highest BCUT2D eigenvalue weighted by Gasteiger charge is 2.16. The number of nitro groups is 1. The maximum absolute atomic E-state index is 10.6. The standard InChI is InChI=1S/C10H12ClN3O4/c1-5-2-8(14(17)18)6(11)3-7(5)13-4-9(15)10(12)16/h2-3,9,13,15H,4H2,1H3,(H2,12,16). The summed E-state index contributed by atoms with van der Waals surface area (Å²) in [7, 11) is 0. The number of primary amides is 1. The summed E-state index contributed by atoms with van der Waals surface area (Å²) >= 11 is 5.74. The first-order chi connectivity index (χ1) is 8.32. The molecule has 18 heavy (non-hydrogen) atoms. The largest absolute Gasteiger partial charge is 0.382 e. The Hall–Kier alpha value is -1.86. The van der Waals surface area contributed by atoms with Crippen molar-refractivity contribution in [2.24, 2.45) is 5.73 Å². The Morgan fingerprint density at radius 2 is 2.28 bits per heavy atom. The Bertz CT molecular complexity index is 492. The van der Waals surface area contributed by atoms with Crippen molar-refractivity contribution in [1.82, 2.24) is 0 Å². The molecule has 7 nitrogen and oxygen atoms in total. The summed E-state index contributed by atoms with van der Waals surface area (Å²) < 4.78 is 0. The predicted octanol–water partition coefficient (Wildman–Crippen LogP) is 0.815. The summed E-state index contributed by atoms with van der Waals surface area (Å²) in [5.41, 5.74) is 5.75. The third-order valence-corrected chi connectivity index (χ3v) is 2.61. The second kappa shape index (κ2) is 5.65. The molecule has 0 aliphatic carbocycles. The number of aryl methyl sites for hydroxylation is 1. The summed E-state index contributed by atoms with van der Waals surface area (Å²) in [6, 6.07) is 2.67. The Morgan fingerprint density at radius 1 is 1.67 bits per heavy atom. The SMILES string of the molecule is Cc1cc([N+](=O)[O-])c(Cl)cc1NCC(O)C(N)=O. The van der Waals surface area contributed by atoms with Crippen LogP contribution in [0.1, 0.15) is 5.56 Å². The first kappa shape index (κ1) is 14.2. The Morgan fingerprint density at radius 3 is 2.78 bits per heavy atom. The van der Waals surface area contributed by atoms with Crippen LogP contribution in [0.4, 0.5) is 11.4 Å². The van der Waals surface area contributed by atoms with Crippen LogP contribution in [0, 0.1) is 17.0 Å². The summed E-state index contributed by atoms with van der Waals surface area (Å²) in [6.07, 6.45) is -1.33. The van der Waals surface area contributed by atoms with Crippen LogP contribution in [0.25, 0.3) is 0 Å². The first-order valence-electron chi connectivity index (χ1n) is 4.98. The Labute approximate surface area is 108 Å². The van der Waals surface area contributed by atoms with Gasteiger partial charge in [0.1, 0.15) is 11.1 Å². The molecule has 0 bridgehead atoms. The van der Waals surface area contributed by atoms with E-state index in [1.807, 2.05) is 0 Å². The van der Waals surface area contributed by atoms with Gasteiger partial charge >= 0.3 is 0 Å². The molecule has 0 aliphatic heterocycles. The highest BCUT2D eigenvalue weighted by molar-refractivity contribution is 6.33. The van der Waals surface area contributed by atoms with Gasteiger partial charge in [-0.15, -0.1) is 0 Å². The van der Waals surface area contributed by atoms with Crippen molar-refractivity contribution in [2.45, 2.75) is 13.0 Å². The van der Waals surface area contributed by atoms with Gasteiger partial charge in [-0.1, -0.05) is 11.6 Å².